The molecule has 3 aliphatic rings. The standard InChI is InChI=1S/C27H31IN4O4/c1-16-19(4-5-20-21(16)15-36-27(20)35)25(33)14-32-18-3-7-24(32)23(8-9-28)31(12-18)13-26(34)22-6-2-17(10-29)11-30-22/h2,4-6,11,18,23-26,33-34H,3,7-9,12-15H2,1H3/t18?,23?,24?,25-,26?/m0/s1. The molecule has 4 heterocycles. The summed E-state index contributed by atoms with van der Waals surface area (Å²) in [4.78, 5) is 21.1. The van der Waals surface area contributed by atoms with Crippen LogP contribution in [0.2, 0.25) is 0 Å². The molecule has 2 fully saturated rings. The van der Waals surface area contributed by atoms with Crippen LogP contribution < -0.4 is 0 Å². The van der Waals surface area contributed by atoms with Crippen LogP contribution in [0, 0.1) is 18.3 Å². The molecular formula is C27H31IN4O4. The van der Waals surface area contributed by atoms with Crippen LogP contribution in [0.1, 0.15) is 69.8 Å². The Labute approximate surface area is 225 Å². The highest BCUT2D eigenvalue weighted by Crippen LogP contribution is 2.38. The third-order valence-corrected chi connectivity index (χ3v) is 8.69. The number of nitriles is 1. The molecule has 190 valence electrons. The summed E-state index contributed by atoms with van der Waals surface area (Å²) < 4.78 is 6.20. The molecule has 5 rings (SSSR count). The van der Waals surface area contributed by atoms with Crippen LogP contribution in [0.3, 0.4) is 0 Å². The molecule has 2 aromatic rings. The number of benzene rings is 1. The first-order chi connectivity index (χ1) is 17.4. The van der Waals surface area contributed by atoms with E-state index in [2.05, 4.69) is 43.4 Å². The van der Waals surface area contributed by atoms with Crippen molar-refractivity contribution in [2.24, 2.45) is 0 Å². The van der Waals surface area contributed by atoms with Crippen molar-refractivity contribution >= 4 is 28.6 Å². The number of rotatable bonds is 8. The number of alkyl halides is 1. The summed E-state index contributed by atoms with van der Waals surface area (Å²) in [6.45, 7) is 4.13. The fraction of sp³-hybridized carbons (Fsp3) is 0.519. The minimum Gasteiger partial charge on any atom is -0.457 e. The van der Waals surface area contributed by atoms with Gasteiger partial charge in [-0.2, -0.15) is 5.26 Å². The number of aliphatic hydroxyl groups is 2. The predicted molar refractivity (Wildman–Crippen MR) is 142 cm³/mol. The Kier molecular flexibility index (Phi) is 7.60. The van der Waals surface area contributed by atoms with Gasteiger partial charge in [0.1, 0.15) is 18.8 Å². The molecule has 5 atom stereocenters. The number of hydrogen-bond acceptors (Lipinski definition) is 8. The van der Waals surface area contributed by atoms with Crippen LogP contribution in [0.15, 0.2) is 30.5 Å². The average Bonchev–Trinajstić information content (AvgIpc) is 3.40. The quantitative estimate of drug-likeness (QED) is 0.270. The minimum atomic E-state index is -0.718. The molecular weight excluding hydrogens is 571 g/mol. The van der Waals surface area contributed by atoms with E-state index in [1.165, 1.54) is 6.20 Å². The highest BCUT2D eigenvalue weighted by atomic mass is 127. The van der Waals surface area contributed by atoms with Crippen molar-refractivity contribution in [1.82, 2.24) is 14.8 Å². The molecule has 0 spiro atoms. The van der Waals surface area contributed by atoms with E-state index in [1.807, 2.05) is 13.0 Å². The smallest absolute Gasteiger partial charge is 0.338 e. The van der Waals surface area contributed by atoms with Crippen LogP contribution in [-0.2, 0) is 11.3 Å². The zero-order valence-electron chi connectivity index (χ0n) is 20.3. The van der Waals surface area contributed by atoms with Gasteiger partial charge in [0.2, 0.25) is 0 Å². The van der Waals surface area contributed by atoms with E-state index in [4.69, 9.17) is 10.00 Å². The Balaban J connectivity index is 1.30. The van der Waals surface area contributed by atoms with Gasteiger partial charge in [-0.15, -0.1) is 0 Å². The Morgan fingerprint density at radius 1 is 1.22 bits per heavy atom. The van der Waals surface area contributed by atoms with Gasteiger partial charge in [0, 0.05) is 53.9 Å². The van der Waals surface area contributed by atoms with Crippen molar-refractivity contribution < 1.29 is 19.7 Å². The first-order valence-electron chi connectivity index (χ1n) is 12.5. The summed E-state index contributed by atoms with van der Waals surface area (Å²) in [7, 11) is 0. The lowest BCUT2D eigenvalue weighted by molar-refractivity contribution is -0.0286. The number of esters is 1. The van der Waals surface area contributed by atoms with Crippen molar-refractivity contribution in [2.45, 2.75) is 63.1 Å². The number of carbonyl (C=O) groups is 1. The lowest BCUT2D eigenvalue weighted by Gasteiger charge is -2.48. The van der Waals surface area contributed by atoms with E-state index in [1.54, 1.807) is 18.2 Å². The highest BCUT2D eigenvalue weighted by Gasteiger charge is 2.46. The normalized spacial score (nSPS) is 25.3. The second-order valence-corrected chi connectivity index (χ2v) is 11.1. The Bertz CT molecular complexity index is 1170. The molecule has 36 heavy (non-hydrogen) atoms. The summed E-state index contributed by atoms with van der Waals surface area (Å²) in [5.74, 6) is -0.289. The zero-order valence-corrected chi connectivity index (χ0v) is 22.5. The van der Waals surface area contributed by atoms with Crippen molar-refractivity contribution in [3.63, 3.8) is 0 Å². The number of nitrogens with zero attached hydrogens (tertiary/aromatic N) is 4. The topological polar surface area (TPSA) is 110 Å². The Morgan fingerprint density at radius 2 is 2.06 bits per heavy atom. The fourth-order valence-electron chi connectivity index (χ4n) is 6.22. The average molecular weight is 602 g/mol. The van der Waals surface area contributed by atoms with Gasteiger partial charge in [-0.05, 0) is 55.5 Å². The molecule has 9 heteroatoms. The summed E-state index contributed by atoms with van der Waals surface area (Å²) in [6, 6.07) is 10.1. The number of ether oxygens (including phenoxy) is 1. The maximum atomic E-state index is 11.9. The van der Waals surface area contributed by atoms with Gasteiger partial charge in [0.15, 0.2) is 0 Å². The van der Waals surface area contributed by atoms with Crippen molar-refractivity contribution in [2.75, 3.05) is 24.1 Å². The van der Waals surface area contributed by atoms with Gasteiger partial charge >= 0.3 is 5.97 Å². The number of carbonyl (C=O) groups excluding carboxylic acids is 1. The number of hydrogen-bond donors (Lipinski definition) is 2. The number of cyclic esters (lactones) is 1. The number of pyridine rings is 1. The molecule has 0 saturated carbocycles. The van der Waals surface area contributed by atoms with E-state index in [-0.39, 0.29) is 18.6 Å². The van der Waals surface area contributed by atoms with E-state index in [0.717, 1.165) is 46.9 Å². The third kappa shape index (κ3) is 4.77. The van der Waals surface area contributed by atoms with Crippen LogP contribution in [-0.4, -0.2) is 73.2 Å². The lowest BCUT2D eigenvalue weighted by Crippen LogP contribution is -2.60. The van der Waals surface area contributed by atoms with Gasteiger partial charge < -0.3 is 14.9 Å². The predicted octanol–water partition coefficient (Wildman–Crippen LogP) is 3.04. The van der Waals surface area contributed by atoms with E-state index < -0.39 is 12.2 Å². The van der Waals surface area contributed by atoms with Gasteiger partial charge in [0.05, 0.1) is 22.9 Å². The Hall–Kier alpha value is -2.10. The molecule has 4 unspecified atom stereocenters. The number of piperazine rings is 1. The zero-order chi connectivity index (χ0) is 25.4. The molecule has 8 nitrogen and oxygen atoms in total. The van der Waals surface area contributed by atoms with Crippen LogP contribution >= 0.6 is 22.6 Å². The van der Waals surface area contributed by atoms with E-state index in [0.29, 0.717) is 42.0 Å². The SMILES string of the molecule is Cc1c([C@@H](O)CN2C3CCC2C(CCI)N(CC(O)c2ccc(C#N)cn2)C3)ccc2c1COC2=O. The maximum absolute atomic E-state index is 11.9. The first kappa shape index (κ1) is 25.5. The van der Waals surface area contributed by atoms with Crippen molar-refractivity contribution in [3.05, 3.63) is 64.0 Å². The van der Waals surface area contributed by atoms with E-state index >= 15 is 0 Å². The summed E-state index contributed by atoms with van der Waals surface area (Å²) >= 11 is 2.42. The molecule has 2 N–H and O–H groups in total. The number of β-amino-alcohol motifs (C(OH)–C–C–N with tert-alkyl or cyclic N) is 1. The van der Waals surface area contributed by atoms with E-state index in [9.17, 15) is 15.0 Å². The van der Waals surface area contributed by atoms with Gasteiger partial charge in [-0.25, -0.2) is 4.79 Å². The molecule has 0 radical (unpaired) electrons. The largest absolute Gasteiger partial charge is 0.457 e. The monoisotopic (exact) mass is 602 g/mol. The number of fused-ring (bicyclic) bond motifs is 3. The summed E-state index contributed by atoms with van der Waals surface area (Å²) in [6.07, 6.45) is 3.30. The van der Waals surface area contributed by atoms with Gasteiger partial charge in [0.25, 0.3) is 0 Å². The maximum Gasteiger partial charge on any atom is 0.338 e. The van der Waals surface area contributed by atoms with Crippen LogP contribution in [0.25, 0.3) is 0 Å². The van der Waals surface area contributed by atoms with Gasteiger partial charge in [-0.3, -0.25) is 14.8 Å². The lowest BCUT2D eigenvalue weighted by atomic mass is 9.94. The number of aliphatic hydroxyl groups excluding tert-OH is 2. The number of aromatic nitrogens is 1. The van der Waals surface area contributed by atoms with Gasteiger partial charge in [-0.1, -0.05) is 28.7 Å². The third-order valence-electron chi connectivity index (χ3n) is 8.07. The molecule has 2 bridgehead atoms. The highest BCUT2D eigenvalue weighted by molar-refractivity contribution is 14.1. The minimum absolute atomic E-state index is 0.276. The second-order valence-electron chi connectivity index (χ2n) is 9.99. The molecule has 3 aliphatic heterocycles. The summed E-state index contributed by atoms with van der Waals surface area (Å²) in [5, 5.41) is 31.2. The number of halogens is 1. The summed E-state index contributed by atoms with van der Waals surface area (Å²) in [5.41, 5.74) is 4.37. The Morgan fingerprint density at radius 3 is 2.78 bits per heavy atom. The number of likely N-dealkylation sites (tertiary alicyclic amines) is 1. The fourth-order valence-corrected chi connectivity index (χ4v) is 6.85. The molecule has 0 aliphatic carbocycles. The van der Waals surface area contributed by atoms with Crippen LogP contribution in [0.4, 0.5) is 0 Å². The van der Waals surface area contributed by atoms with Crippen molar-refractivity contribution in [3.8, 4) is 6.07 Å². The molecule has 2 saturated heterocycles. The van der Waals surface area contributed by atoms with Crippen molar-refractivity contribution in [1.29, 1.82) is 5.26 Å². The van der Waals surface area contributed by atoms with Crippen LogP contribution in [0.5, 0.6) is 0 Å². The molecule has 1 aromatic carbocycles. The molecule has 0 amide bonds. The molecule has 1 aromatic heterocycles. The second kappa shape index (κ2) is 10.7. The first-order valence-corrected chi connectivity index (χ1v) is 14.0.